The minimum absolute atomic E-state index is 0.301. The van der Waals surface area contributed by atoms with Crippen molar-refractivity contribution in [1.29, 1.82) is 0 Å². The lowest BCUT2D eigenvalue weighted by molar-refractivity contribution is -0.127. The number of carbonyl (C=O) groups excluding carboxylic acids is 1. The van der Waals surface area contributed by atoms with E-state index in [9.17, 15) is 4.79 Å². The highest BCUT2D eigenvalue weighted by Gasteiger charge is 2.40. The molecule has 0 saturated carbocycles. The molecular weight excluding hydrogens is 304 g/mol. The van der Waals surface area contributed by atoms with E-state index in [4.69, 9.17) is 9.47 Å². The van der Waals surface area contributed by atoms with Gasteiger partial charge in [0.1, 0.15) is 5.75 Å². The first-order chi connectivity index (χ1) is 11.6. The molecule has 2 aliphatic heterocycles. The number of piperidine rings is 1. The number of ether oxygens (including phenoxy) is 2. The molecule has 0 radical (unpaired) electrons. The van der Waals surface area contributed by atoms with Gasteiger partial charge >= 0.3 is 0 Å². The van der Waals surface area contributed by atoms with Gasteiger partial charge in [0.15, 0.2) is 0 Å². The third-order valence-corrected chi connectivity index (χ3v) is 5.35. The molecule has 1 aromatic carbocycles. The molecule has 2 heterocycles. The average Bonchev–Trinajstić information content (AvgIpc) is 2.87. The van der Waals surface area contributed by atoms with Crippen LogP contribution in [0.15, 0.2) is 18.2 Å². The van der Waals surface area contributed by atoms with Crippen molar-refractivity contribution in [2.75, 3.05) is 33.9 Å². The summed E-state index contributed by atoms with van der Waals surface area (Å²) in [5, 5.41) is 0. The lowest BCUT2D eigenvalue weighted by Crippen LogP contribution is -2.47. The summed E-state index contributed by atoms with van der Waals surface area (Å²) in [5.74, 6) is 1.73. The summed E-state index contributed by atoms with van der Waals surface area (Å²) in [6.07, 6.45) is 1.85. The van der Waals surface area contributed by atoms with E-state index in [1.165, 1.54) is 5.56 Å². The quantitative estimate of drug-likeness (QED) is 0.801. The molecule has 0 unspecified atom stereocenters. The Morgan fingerprint density at radius 1 is 1.33 bits per heavy atom. The van der Waals surface area contributed by atoms with Gasteiger partial charge in [-0.25, -0.2) is 0 Å². The Kier molecular flexibility index (Phi) is 5.41. The summed E-state index contributed by atoms with van der Waals surface area (Å²) < 4.78 is 11.0. The summed E-state index contributed by atoms with van der Waals surface area (Å²) in [7, 11) is 3.65. The predicted molar refractivity (Wildman–Crippen MR) is 92.9 cm³/mol. The Labute approximate surface area is 144 Å². The minimum Gasteiger partial charge on any atom is -0.496 e. The first-order valence-corrected chi connectivity index (χ1v) is 8.84. The zero-order chi connectivity index (χ0) is 17.1. The highest BCUT2D eigenvalue weighted by atomic mass is 16.5. The van der Waals surface area contributed by atoms with Gasteiger partial charge in [-0.3, -0.25) is 9.69 Å². The molecule has 5 nitrogen and oxygen atoms in total. The number of likely N-dealkylation sites (N-methyl/N-ethyl adjacent to an activating group) is 1. The molecule has 1 amide bonds. The van der Waals surface area contributed by atoms with E-state index in [-0.39, 0.29) is 0 Å². The Morgan fingerprint density at radius 3 is 2.92 bits per heavy atom. The Hall–Kier alpha value is -1.59. The molecule has 2 aliphatic rings. The van der Waals surface area contributed by atoms with Crippen molar-refractivity contribution in [3.8, 4) is 5.75 Å². The number of amides is 1. The number of hydrogen-bond donors (Lipinski definition) is 0. The van der Waals surface area contributed by atoms with Crippen LogP contribution in [0.3, 0.4) is 0 Å². The van der Waals surface area contributed by atoms with Crippen molar-refractivity contribution >= 4 is 5.91 Å². The van der Waals surface area contributed by atoms with E-state index < -0.39 is 0 Å². The third kappa shape index (κ3) is 3.57. The van der Waals surface area contributed by atoms with Crippen molar-refractivity contribution in [3.63, 3.8) is 0 Å². The van der Waals surface area contributed by atoms with Gasteiger partial charge < -0.3 is 14.4 Å². The van der Waals surface area contributed by atoms with Gasteiger partial charge in [0, 0.05) is 44.8 Å². The number of likely N-dealkylation sites (tertiary alicyclic amines) is 2. The zero-order valence-corrected chi connectivity index (χ0v) is 15.0. The summed E-state index contributed by atoms with van der Waals surface area (Å²) in [6, 6.07) is 6.72. The van der Waals surface area contributed by atoms with E-state index >= 15 is 0 Å². The van der Waals surface area contributed by atoms with Crippen molar-refractivity contribution in [2.45, 2.75) is 39.0 Å². The molecule has 3 rings (SSSR count). The Balaban J connectivity index is 1.66. The SMILES string of the molecule is CCOCc1cc(CN2CC[C@@H]3CC(=O)N(C)[C@@H]3C2)ccc1OC. The predicted octanol–water partition coefficient (Wildman–Crippen LogP) is 2.28. The molecule has 132 valence electrons. The largest absolute Gasteiger partial charge is 0.496 e. The molecule has 5 heteroatoms. The van der Waals surface area contributed by atoms with Crippen LogP contribution in [0.25, 0.3) is 0 Å². The fourth-order valence-electron chi connectivity index (χ4n) is 3.93. The Morgan fingerprint density at radius 2 is 2.17 bits per heavy atom. The fraction of sp³-hybridized carbons (Fsp3) is 0.632. The van der Waals surface area contributed by atoms with Gasteiger partial charge in [-0.1, -0.05) is 6.07 Å². The van der Waals surface area contributed by atoms with Crippen molar-refractivity contribution in [1.82, 2.24) is 9.80 Å². The van der Waals surface area contributed by atoms with Crippen LogP contribution in [0.2, 0.25) is 0 Å². The normalized spacial score (nSPS) is 24.3. The first-order valence-electron chi connectivity index (χ1n) is 8.84. The highest BCUT2D eigenvalue weighted by Crippen LogP contribution is 2.32. The van der Waals surface area contributed by atoms with Crippen LogP contribution in [0.1, 0.15) is 30.9 Å². The van der Waals surface area contributed by atoms with Crippen molar-refractivity contribution in [3.05, 3.63) is 29.3 Å². The molecule has 2 saturated heterocycles. The van der Waals surface area contributed by atoms with E-state index in [2.05, 4.69) is 17.0 Å². The standard InChI is InChI=1S/C19H28N2O3/c1-4-24-13-16-9-14(5-6-18(16)23-3)11-21-8-7-15-10-19(22)20(2)17(15)12-21/h5-6,9,15,17H,4,7-8,10-13H2,1-3H3/t15-,17-/m1/s1. The molecule has 0 N–H and O–H groups in total. The van der Waals surface area contributed by atoms with Gasteiger partial charge in [0.25, 0.3) is 0 Å². The number of carbonyl (C=O) groups is 1. The maximum Gasteiger partial charge on any atom is 0.222 e. The van der Waals surface area contributed by atoms with Crippen molar-refractivity contribution in [2.24, 2.45) is 5.92 Å². The van der Waals surface area contributed by atoms with Gasteiger partial charge in [0.05, 0.1) is 13.7 Å². The zero-order valence-electron chi connectivity index (χ0n) is 15.0. The smallest absolute Gasteiger partial charge is 0.222 e. The lowest BCUT2D eigenvalue weighted by Gasteiger charge is -2.37. The topological polar surface area (TPSA) is 42.0 Å². The van der Waals surface area contributed by atoms with Crippen LogP contribution >= 0.6 is 0 Å². The van der Waals surface area contributed by atoms with E-state index in [1.54, 1.807) is 7.11 Å². The van der Waals surface area contributed by atoms with Gasteiger partial charge in [-0.15, -0.1) is 0 Å². The average molecular weight is 332 g/mol. The maximum atomic E-state index is 11.9. The van der Waals surface area contributed by atoms with Gasteiger partial charge in [-0.05, 0) is 43.5 Å². The number of benzene rings is 1. The fourth-order valence-corrected chi connectivity index (χ4v) is 3.93. The molecular formula is C19H28N2O3. The molecule has 0 aliphatic carbocycles. The Bertz CT molecular complexity index is 590. The first kappa shape index (κ1) is 17.2. The van der Waals surface area contributed by atoms with Crippen LogP contribution in [-0.2, 0) is 22.7 Å². The molecule has 1 aromatic rings. The molecule has 0 spiro atoms. The molecule has 2 fully saturated rings. The molecule has 0 aromatic heterocycles. The van der Waals surface area contributed by atoms with Crippen LogP contribution in [0.5, 0.6) is 5.75 Å². The minimum atomic E-state index is 0.301. The number of hydrogen-bond acceptors (Lipinski definition) is 4. The summed E-state index contributed by atoms with van der Waals surface area (Å²) >= 11 is 0. The summed E-state index contributed by atoms with van der Waals surface area (Å²) in [6.45, 7) is 6.22. The lowest BCUT2D eigenvalue weighted by atomic mass is 9.92. The van der Waals surface area contributed by atoms with Gasteiger partial charge in [0.2, 0.25) is 5.91 Å². The van der Waals surface area contributed by atoms with Crippen LogP contribution < -0.4 is 4.74 Å². The number of fused-ring (bicyclic) bond motifs is 1. The van der Waals surface area contributed by atoms with Gasteiger partial charge in [-0.2, -0.15) is 0 Å². The molecule has 2 atom stereocenters. The van der Waals surface area contributed by atoms with E-state index in [1.807, 2.05) is 24.9 Å². The summed E-state index contributed by atoms with van der Waals surface area (Å²) in [4.78, 5) is 16.3. The second kappa shape index (κ2) is 7.53. The van der Waals surface area contributed by atoms with Crippen LogP contribution in [-0.4, -0.2) is 55.6 Å². The number of nitrogens with zero attached hydrogens (tertiary/aromatic N) is 2. The van der Waals surface area contributed by atoms with E-state index in [0.717, 1.165) is 43.8 Å². The number of methoxy groups -OCH3 is 1. The van der Waals surface area contributed by atoms with Crippen LogP contribution in [0.4, 0.5) is 0 Å². The summed E-state index contributed by atoms with van der Waals surface area (Å²) in [5.41, 5.74) is 2.37. The second-order valence-corrected chi connectivity index (χ2v) is 6.84. The second-order valence-electron chi connectivity index (χ2n) is 6.84. The molecule has 0 bridgehead atoms. The van der Waals surface area contributed by atoms with Crippen LogP contribution in [0, 0.1) is 5.92 Å². The third-order valence-electron chi connectivity index (χ3n) is 5.35. The van der Waals surface area contributed by atoms with Crippen molar-refractivity contribution < 1.29 is 14.3 Å². The number of rotatable bonds is 6. The maximum absolute atomic E-state index is 11.9. The molecule has 24 heavy (non-hydrogen) atoms. The highest BCUT2D eigenvalue weighted by molar-refractivity contribution is 5.79. The van der Waals surface area contributed by atoms with E-state index in [0.29, 0.717) is 31.1 Å². The monoisotopic (exact) mass is 332 g/mol.